The van der Waals surface area contributed by atoms with Crippen LogP contribution in [0, 0.1) is 5.92 Å². The smallest absolute Gasteiger partial charge is 0.243 e. The molecule has 1 atom stereocenters. The minimum absolute atomic E-state index is 0. The summed E-state index contributed by atoms with van der Waals surface area (Å²) in [6, 6.07) is 5.99. The lowest BCUT2D eigenvalue weighted by molar-refractivity contribution is -0.127. The van der Waals surface area contributed by atoms with Gasteiger partial charge in [-0.2, -0.15) is 0 Å². The van der Waals surface area contributed by atoms with Gasteiger partial charge in [-0.05, 0) is 36.5 Å². The van der Waals surface area contributed by atoms with Gasteiger partial charge in [-0.1, -0.05) is 19.9 Å². The molecule has 0 fully saturated rings. The van der Waals surface area contributed by atoms with Gasteiger partial charge in [-0.15, -0.1) is 24.0 Å². The molecule has 1 amide bonds. The summed E-state index contributed by atoms with van der Waals surface area (Å²) < 4.78 is 10.7. The van der Waals surface area contributed by atoms with Gasteiger partial charge in [0, 0.05) is 27.2 Å². The number of hydrogen-bond acceptors (Lipinski definition) is 4. The molecule has 0 bridgehead atoms. The van der Waals surface area contributed by atoms with E-state index in [1.807, 2.05) is 12.1 Å². The lowest BCUT2D eigenvalue weighted by atomic mass is 10.0. The molecule has 0 aromatic heterocycles. The minimum Gasteiger partial charge on any atom is -0.493 e. The highest BCUT2D eigenvalue weighted by molar-refractivity contribution is 14.0. The molecule has 160 valence electrons. The van der Waals surface area contributed by atoms with Crippen LogP contribution in [0.15, 0.2) is 23.2 Å². The van der Waals surface area contributed by atoms with Crippen LogP contribution < -0.4 is 20.1 Å². The molecule has 8 heteroatoms. The van der Waals surface area contributed by atoms with E-state index >= 15 is 0 Å². The number of carbonyl (C=O) groups is 1. The zero-order valence-corrected chi connectivity index (χ0v) is 20.2. The third-order valence-corrected chi connectivity index (χ3v) is 4.06. The highest BCUT2D eigenvalue weighted by Gasteiger charge is 2.10. The Hall–Kier alpha value is -1.71. The van der Waals surface area contributed by atoms with E-state index in [2.05, 4.69) is 35.5 Å². The van der Waals surface area contributed by atoms with Crippen LogP contribution in [0.1, 0.15) is 25.8 Å². The minimum atomic E-state index is -0.0222. The topological polar surface area (TPSA) is 75.2 Å². The zero-order valence-electron chi connectivity index (χ0n) is 17.9. The lowest BCUT2D eigenvalue weighted by Crippen LogP contribution is -2.41. The Morgan fingerprint density at radius 3 is 2.43 bits per heavy atom. The van der Waals surface area contributed by atoms with Crippen molar-refractivity contribution in [3.63, 3.8) is 0 Å². The van der Waals surface area contributed by atoms with Crippen molar-refractivity contribution >= 4 is 35.8 Å². The van der Waals surface area contributed by atoms with E-state index in [9.17, 15) is 4.79 Å². The van der Waals surface area contributed by atoms with Crippen molar-refractivity contribution in [2.45, 2.75) is 26.7 Å². The maximum atomic E-state index is 11.8. The lowest BCUT2D eigenvalue weighted by Gasteiger charge is -2.17. The third kappa shape index (κ3) is 9.48. The highest BCUT2D eigenvalue weighted by Crippen LogP contribution is 2.28. The first-order valence-electron chi connectivity index (χ1n) is 9.34. The highest BCUT2D eigenvalue weighted by atomic mass is 127. The first kappa shape index (κ1) is 26.3. The molecule has 0 saturated carbocycles. The summed E-state index contributed by atoms with van der Waals surface area (Å²) in [5.74, 6) is 2.50. The largest absolute Gasteiger partial charge is 0.493 e. The summed E-state index contributed by atoms with van der Waals surface area (Å²) in [6.45, 7) is 5.96. The van der Waals surface area contributed by atoms with Gasteiger partial charge in [0.2, 0.25) is 5.91 Å². The number of methoxy groups -OCH3 is 2. The second-order valence-electron chi connectivity index (χ2n) is 6.76. The Balaban J connectivity index is 0.00000729. The van der Waals surface area contributed by atoms with Gasteiger partial charge in [-0.3, -0.25) is 4.79 Å². The fourth-order valence-electron chi connectivity index (χ4n) is 2.46. The van der Waals surface area contributed by atoms with E-state index in [0.717, 1.165) is 37.4 Å². The van der Waals surface area contributed by atoms with E-state index < -0.39 is 0 Å². The monoisotopic (exact) mass is 506 g/mol. The average molecular weight is 506 g/mol. The van der Waals surface area contributed by atoms with Crippen molar-refractivity contribution in [2.24, 2.45) is 10.9 Å². The van der Waals surface area contributed by atoms with E-state index in [-0.39, 0.29) is 36.4 Å². The van der Waals surface area contributed by atoms with Crippen molar-refractivity contribution in [2.75, 3.05) is 47.9 Å². The van der Waals surface area contributed by atoms with Gasteiger partial charge in [0.05, 0.1) is 14.2 Å². The van der Waals surface area contributed by atoms with Crippen LogP contribution in [0.25, 0.3) is 0 Å². The van der Waals surface area contributed by atoms with Crippen molar-refractivity contribution in [3.05, 3.63) is 23.8 Å². The number of nitrogens with zero attached hydrogens (tertiary/aromatic N) is 2. The van der Waals surface area contributed by atoms with E-state index in [4.69, 9.17) is 9.47 Å². The number of amides is 1. The Kier molecular flexibility index (Phi) is 13.4. The standard InChI is InChI=1S/C20H34N4O3.HI/c1-7-10-21-20(23-14-19(25)24(3)4)22-13-15(2)11-16-8-9-17(26-5)18(12-16)27-6;/h8-9,12,15H,7,10-11,13-14H2,1-6H3,(H2,21,22,23);1H. The number of ether oxygens (including phenoxy) is 2. The van der Waals surface area contributed by atoms with Gasteiger partial charge < -0.3 is 25.0 Å². The summed E-state index contributed by atoms with van der Waals surface area (Å²) in [5.41, 5.74) is 1.18. The molecule has 0 aliphatic carbocycles. The normalized spacial score (nSPS) is 11.9. The van der Waals surface area contributed by atoms with Gasteiger partial charge in [-0.25, -0.2) is 4.99 Å². The van der Waals surface area contributed by atoms with Crippen molar-refractivity contribution < 1.29 is 14.3 Å². The Labute approximate surface area is 186 Å². The second kappa shape index (κ2) is 14.3. The van der Waals surface area contributed by atoms with Crippen LogP contribution in [0.5, 0.6) is 11.5 Å². The number of benzene rings is 1. The summed E-state index contributed by atoms with van der Waals surface area (Å²) in [4.78, 5) is 17.7. The molecule has 1 unspecified atom stereocenters. The van der Waals surface area contributed by atoms with Crippen LogP contribution in [0.3, 0.4) is 0 Å². The molecule has 28 heavy (non-hydrogen) atoms. The SMILES string of the molecule is CCCNC(=NCC(=O)N(C)C)NCC(C)Cc1ccc(OC)c(OC)c1.I. The fourth-order valence-corrected chi connectivity index (χ4v) is 2.46. The third-order valence-electron chi connectivity index (χ3n) is 4.06. The summed E-state index contributed by atoms with van der Waals surface area (Å²) in [5, 5.41) is 6.58. The number of likely N-dealkylation sites (N-methyl/N-ethyl adjacent to an activating group) is 1. The number of rotatable bonds is 10. The van der Waals surface area contributed by atoms with Crippen molar-refractivity contribution in [1.82, 2.24) is 15.5 Å². The predicted octanol–water partition coefficient (Wildman–Crippen LogP) is 2.53. The first-order chi connectivity index (χ1) is 12.9. The van der Waals surface area contributed by atoms with Crippen molar-refractivity contribution in [1.29, 1.82) is 0 Å². The number of carbonyl (C=O) groups excluding carboxylic acids is 1. The van der Waals surface area contributed by atoms with Gasteiger partial charge in [0.15, 0.2) is 17.5 Å². The molecular weight excluding hydrogens is 471 g/mol. The Morgan fingerprint density at radius 1 is 1.18 bits per heavy atom. The molecule has 0 heterocycles. The predicted molar refractivity (Wildman–Crippen MR) is 125 cm³/mol. The number of halogens is 1. The molecule has 7 nitrogen and oxygen atoms in total. The Morgan fingerprint density at radius 2 is 1.86 bits per heavy atom. The Bertz CT molecular complexity index is 623. The van der Waals surface area contributed by atoms with Gasteiger partial charge in [0.25, 0.3) is 0 Å². The van der Waals surface area contributed by atoms with E-state index in [0.29, 0.717) is 11.9 Å². The molecule has 0 aliphatic rings. The number of guanidine groups is 1. The molecule has 0 aliphatic heterocycles. The van der Waals surface area contributed by atoms with Crippen LogP contribution in [0.2, 0.25) is 0 Å². The molecule has 0 saturated heterocycles. The van der Waals surface area contributed by atoms with Crippen molar-refractivity contribution in [3.8, 4) is 11.5 Å². The number of hydrogen-bond donors (Lipinski definition) is 2. The zero-order chi connectivity index (χ0) is 20.2. The quantitative estimate of drug-likeness (QED) is 0.290. The summed E-state index contributed by atoms with van der Waals surface area (Å²) in [6.07, 6.45) is 1.88. The van der Waals surface area contributed by atoms with Crippen LogP contribution in [-0.4, -0.2) is 64.7 Å². The second-order valence-corrected chi connectivity index (χ2v) is 6.76. The fraction of sp³-hybridized carbons (Fsp3) is 0.600. The molecule has 0 radical (unpaired) electrons. The van der Waals surface area contributed by atoms with Crippen LogP contribution in [-0.2, 0) is 11.2 Å². The molecule has 1 rings (SSSR count). The molecule has 1 aromatic carbocycles. The van der Waals surface area contributed by atoms with Gasteiger partial charge >= 0.3 is 0 Å². The molecule has 1 aromatic rings. The maximum absolute atomic E-state index is 11.8. The number of aliphatic imine (C=N–C) groups is 1. The molecular formula is C20H35IN4O3. The van der Waals surface area contributed by atoms with Gasteiger partial charge in [0.1, 0.15) is 6.54 Å². The summed E-state index contributed by atoms with van der Waals surface area (Å²) >= 11 is 0. The first-order valence-corrected chi connectivity index (χ1v) is 9.34. The average Bonchev–Trinajstić information content (AvgIpc) is 2.66. The van der Waals surface area contributed by atoms with Crippen LogP contribution >= 0.6 is 24.0 Å². The number of nitrogens with one attached hydrogen (secondary N) is 2. The van der Waals surface area contributed by atoms with E-state index in [1.54, 1.807) is 33.2 Å². The van der Waals surface area contributed by atoms with E-state index in [1.165, 1.54) is 5.56 Å². The maximum Gasteiger partial charge on any atom is 0.243 e. The van der Waals surface area contributed by atoms with Crippen LogP contribution in [0.4, 0.5) is 0 Å². The molecule has 2 N–H and O–H groups in total. The molecule has 0 spiro atoms. The summed E-state index contributed by atoms with van der Waals surface area (Å²) in [7, 11) is 6.74.